The summed E-state index contributed by atoms with van der Waals surface area (Å²) in [6.07, 6.45) is -3.67. The van der Waals surface area contributed by atoms with Crippen LogP contribution in [0.3, 0.4) is 0 Å². The van der Waals surface area contributed by atoms with Crippen molar-refractivity contribution in [1.82, 2.24) is 0 Å². The van der Waals surface area contributed by atoms with Crippen LogP contribution >= 0.6 is 0 Å². The molecule has 0 bridgehead atoms. The minimum atomic E-state index is -1.83. The topological polar surface area (TPSA) is 115 Å². The molecule has 0 spiro atoms. The highest BCUT2D eigenvalue weighted by Gasteiger charge is 1.70. The van der Waals surface area contributed by atoms with E-state index in [-0.39, 0.29) is 44.6 Å². The van der Waals surface area contributed by atoms with Gasteiger partial charge in [0, 0.05) is 0 Å². The number of hydrogen-bond donors (Lipinski definition) is 4. The highest BCUT2D eigenvalue weighted by Crippen LogP contribution is 1.43. The fourth-order valence-electron chi connectivity index (χ4n) is 0. The zero-order chi connectivity index (χ0) is 7.15. The first-order valence-corrected chi connectivity index (χ1v) is 1.30. The smallest absolute Gasteiger partial charge is 0.450 e. The van der Waals surface area contributed by atoms with E-state index < -0.39 is 12.3 Å². The van der Waals surface area contributed by atoms with Crippen LogP contribution in [0.5, 0.6) is 0 Å². The van der Waals surface area contributed by atoms with Gasteiger partial charge in [-0.05, 0) is 0 Å². The maximum Gasteiger partial charge on any atom is 0.503 e. The Morgan fingerprint density at radius 2 is 0.500 bits per heavy atom. The molecule has 0 saturated carbocycles. The Kier molecular flexibility index (Phi) is 360. The number of carboxylic acid groups (broad SMARTS) is 4. The Morgan fingerprint density at radius 1 is 0.500 bits per heavy atom. The van der Waals surface area contributed by atoms with Gasteiger partial charge < -0.3 is 20.4 Å². The van der Waals surface area contributed by atoms with Crippen LogP contribution in [0.15, 0.2) is 0 Å². The second-order valence-electron chi connectivity index (χ2n) is 0.565. The SMILES string of the molecule is C.C.C.C.C.C.O=C(O)O.O=C(O)O. The van der Waals surface area contributed by atoms with Gasteiger partial charge in [-0.2, -0.15) is 0 Å². The molecule has 0 atom stereocenters. The summed E-state index contributed by atoms with van der Waals surface area (Å²) in [4.78, 5) is 17.1. The minimum Gasteiger partial charge on any atom is -0.450 e. The van der Waals surface area contributed by atoms with Crippen LogP contribution in [0.2, 0.25) is 0 Å². The van der Waals surface area contributed by atoms with Crippen LogP contribution in [-0.4, -0.2) is 32.7 Å². The Balaban J connectivity index is -0.00000000600. The molecule has 0 saturated heterocycles. The molecule has 0 radical (unpaired) electrons. The third kappa shape index (κ3) is 450. The molecular formula is C8H28O6. The van der Waals surface area contributed by atoms with Gasteiger partial charge in [-0.1, -0.05) is 44.6 Å². The molecule has 4 N–H and O–H groups in total. The zero-order valence-corrected chi connectivity index (χ0v) is 3.61. The average Bonchev–Trinajstić information content (AvgIpc) is 1.25. The van der Waals surface area contributed by atoms with Crippen LogP contribution in [0.4, 0.5) is 9.59 Å². The Labute approximate surface area is 87.8 Å². The van der Waals surface area contributed by atoms with Crippen molar-refractivity contribution in [3.8, 4) is 0 Å². The Morgan fingerprint density at radius 3 is 0.500 bits per heavy atom. The van der Waals surface area contributed by atoms with Gasteiger partial charge in [-0.25, -0.2) is 9.59 Å². The highest BCUT2D eigenvalue weighted by atomic mass is 16.6. The van der Waals surface area contributed by atoms with Gasteiger partial charge >= 0.3 is 12.3 Å². The van der Waals surface area contributed by atoms with E-state index in [2.05, 4.69) is 0 Å². The van der Waals surface area contributed by atoms with Crippen LogP contribution in [0.25, 0.3) is 0 Å². The zero-order valence-electron chi connectivity index (χ0n) is 3.61. The van der Waals surface area contributed by atoms with Gasteiger partial charge in [0.05, 0.1) is 0 Å². The van der Waals surface area contributed by atoms with E-state index in [1.165, 1.54) is 0 Å². The van der Waals surface area contributed by atoms with Crippen molar-refractivity contribution >= 4 is 12.3 Å². The molecule has 0 amide bonds. The molecule has 14 heavy (non-hydrogen) atoms. The minimum absolute atomic E-state index is 0. The van der Waals surface area contributed by atoms with Gasteiger partial charge in [0.1, 0.15) is 0 Å². The molecule has 0 unspecified atom stereocenters. The van der Waals surface area contributed by atoms with Gasteiger partial charge in [-0.3, -0.25) is 0 Å². The summed E-state index contributed by atoms with van der Waals surface area (Å²) in [7, 11) is 0. The van der Waals surface area contributed by atoms with Crippen molar-refractivity contribution in [3.05, 3.63) is 0 Å². The van der Waals surface area contributed by atoms with Crippen LogP contribution in [-0.2, 0) is 0 Å². The van der Waals surface area contributed by atoms with E-state index >= 15 is 0 Å². The van der Waals surface area contributed by atoms with E-state index in [9.17, 15) is 0 Å². The van der Waals surface area contributed by atoms with E-state index in [4.69, 9.17) is 30.0 Å². The molecule has 6 nitrogen and oxygen atoms in total. The van der Waals surface area contributed by atoms with E-state index in [1.807, 2.05) is 0 Å². The fourth-order valence-corrected chi connectivity index (χ4v) is 0. The Bertz CT molecular complexity index is 71.8. The first kappa shape index (κ1) is 81.0. The first-order valence-electron chi connectivity index (χ1n) is 1.30. The summed E-state index contributed by atoms with van der Waals surface area (Å²) < 4.78 is 0. The summed E-state index contributed by atoms with van der Waals surface area (Å²) in [6.45, 7) is 0. The monoisotopic (exact) mass is 220 g/mol. The third-order valence-corrected chi connectivity index (χ3v) is 0. The van der Waals surface area contributed by atoms with Gasteiger partial charge in [0.25, 0.3) is 0 Å². The summed E-state index contributed by atoms with van der Waals surface area (Å²) in [6, 6.07) is 0. The lowest BCUT2D eigenvalue weighted by Gasteiger charge is -1.60. The maximum absolute atomic E-state index is 8.56. The molecule has 0 fully saturated rings. The van der Waals surface area contributed by atoms with E-state index in [1.54, 1.807) is 0 Å². The predicted octanol–water partition coefficient (Wildman–Crippen LogP) is 4.26. The van der Waals surface area contributed by atoms with Gasteiger partial charge in [-0.15, -0.1) is 0 Å². The lowest BCUT2D eigenvalue weighted by atomic mass is 11.5. The lowest BCUT2D eigenvalue weighted by Crippen LogP contribution is -1.81. The molecule has 0 aromatic heterocycles. The molecule has 0 rings (SSSR count). The normalized spacial score (nSPS) is 3.43. The summed E-state index contributed by atoms with van der Waals surface area (Å²) in [5.41, 5.74) is 0. The molecule has 0 aromatic rings. The number of hydrogen-bond acceptors (Lipinski definition) is 2. The van der Waals surface area contributed by atoms with Crippen molar-refractivity contribution in [2.75, 3.05) is 0 Å². The molecule has 0 aliphatic heterocycles. The third-order valence-electron chi connectivity index (χ3n) is 0. The molecule has 0 aromatic carbocycles. The van der Waals surface area contributed by atoms with Crippen molar-refractivity contribution in [2.45, 2.75) is 44.6 Å². The summed E-state index contributed by atoms with van der Waals surface area (Å²) in [5, 5.41) is 27.9. The second-order valence-corrected chi connectivity index (χ2v) is 0.565. The molecule has 0 aliphatic rings. The molecular weight excluding hydrogens is 192 g/mol. The average molecular weight is 220 g/mol. The van der Waals surface area contributed by atoms with Crippen molar-refractivity contribution in [2.24, 2.45) is 0 Å². The highest BCUT2D eigenvalue weighted by molar-refractivity contribution is 5.53. The Hall–Kier alpha value is -1.46. The van der Waals surface area contributed by atoms with Gasteiger partial charge in [0.15, 0.2) is 0 Å². The second kappa shape index (κ2) is 62.2. The van der Waals surface area contributed by atoms with E-state index in [0.29, 0.717) is 0 Å². The maximum atomic E-state index is 8.56. The summed E-state index contributed by atoms with van der Waals surface area (Å²) in [5.74, 6) is 0. The van der Waals surface area contributed by atoms with Crippen molar-refractivity contribution in [1.29, 1.82) is 0 Å². The lowest BCUT2D eigenvalue weighted by molar-refractivity contribution is 0.135. The van der Waals surface area contributed by atoms with Crippen LogP contribution < -0.4 is 0 Å². The summed E-state index contributed by atoms with van der Waals surface area (Å²) >= 11 is 0. The fraction of sp³-hybridized carbons (Fsp3) is 0.750. The van der Waals surface area contributed by atoms with Crippen molar-refractivity contribution < 1.29 is 30.0 Å². The molecule has 96 valence electrons. The van der Waals surface area contributed by atoms with Gasteiger partial charge in [0.2, 0.25) is 0 Å². The predicted molar refractivity (Wildman–Crippen MR) is 61.7 cm³/mol. The van der Waals surface area contributed by atoms with Crippen LogP contribution in [0, 0.1) is 0 Å². The molecule has 0 aliphatic carbocycles. The van der Waals surface area contributed by atoms with E-state index in [0.717, 1.165) is 0 Å². The molecule has 0 heterocycles. The van der Waals surface area contributed by atoms with Crippen LogP contribution in [0.1, 0.15) is 44.6 Å². The quantitative estimate of drug-likeness (QED) is 0.484. The largest absolute Gasteiger partial charge is 0.503 e. The van der Waals surface area contributed by atoms with Crippen molar-refractivity contribution in [3.63, 3.8) is 0 Å². The standard InChI is InChI=1S/2CH2O3.6CH4/c2*2-1(3)4;;;;;;/h2*(H2,2,3,4);6*1H4. The first-order chi connectivity index (χ1) is 3.46. The number of carbonyl (C=O) groups is 2. The molecule has 6 heteroatoms. The number of rotatable bonds is 0.